The van der Waals surface area contributed by atoms with Gasteiger partial charge in [0.15, 0.2) is 5.82 Å². The van der Waals surface area contributed by atoms with Crippen molar-refractivity contribution in [2.45, 2.75) is 71.2 Å². The third kappa shape index (κ3) is 8.87. The fourth-order valence-electron chi connectivity index (χ4n) is 3.15. The number of carbonyl (C=O) groups is 3. The van der Waals surface area contributed by atoms with E-state index in [-0.39, 0.29) is 49.5 Å². The Kier molecular flexibility index (Phi) is 12.3. The predicted octanol–water partition coefficient (Wildman–Crippen LogP) is 1.02. The zero-order chi connectivity index (χ0) is 22.4. The summed E-state index contributed by atoms with van der Waals surface area (Å²) in [7, 11) is 1.55. The standard InChI is InChI=1S/C18H30N4O5.CH2O2/c1-4-8-26-14-9-12(6-7-13(14)20-16(23)5-2)18(24)19-10-17-21-15(11-25-3)22-27-17;2-1-3/h12-14H,4-11H2,1-3H3,(H,19,24)(H,20,23);1H,(H,2,3)/t12-,13+,14+;/m0./s1. The number of rotatable bonds is 10. The first-order valence-corrected chi connectivity index (χ1v) is 10.1. The maximum Gasteiger partial charge on any atom is 0.290 e. The third-order valence-corrected chi connectivity index (χ3v) is 4.56. The molecule has 0 aliphatic heterocycles. The molecule has 0 bridgehead atoms. The molecule has 0 spiro atoms. The maximum atomic E-state index is 12.5. The molecule has 170 valence electrons. The van der Waals surface area contributed by atoms with Crippen LogP contribution in [0.25, 0.3) is 0 Å². The molecule has 3 N–H and O–H groups in total. The predicted molar refractivity (Wildman–Crippen MR) is 105 cm³/mol. The second-order valence-corrected chi connectivity index (χ2v) is 6.81. The van der Waals surface area contributed by atoms with Crippen molar-refractivity contribution in [1.29, 1.82) is 0 Å². The molecule has 2 amide bonds. The number of methoxy groups -OCH3 is 1. The summed E-state index contributed by atoms with van der Waals surface area (Å²) in [6.07, 6.45) is 3.18. The van der Waals surface area contributed by atoms with Gasteiger partial charge in [-0.05, 0) is 25.7 Å². The van der Waals surface area contributed by atoms with E-state index in [1.54, 1.807) is 7.11 Å². The first-order chi connectivity index (χ1) is 14.5. The maximum absolute atomic E-state index is 12.5. The molecule has 1 saturated carbocycles. The van der Waals surface area contributed by atoms with Crippen LogP contribution in [0.2, 0.25) is 0 Å². The molecule has 1 aliphatic carbocycles. The molecular weight excluding hydrogens is 396 g/mol. The fourth-order valence-corrected chi connectivity index (χ4v) is 3.15. The summed E-state index contributed by atoms with van der Waals surface area (Å²) in [5.41, 5.74) is 0. The van der Waals surface area contributed by atoms with E-state index in [1.165, 1.54) is 0 Å². The minimum Gasteiger partial charge on any atom is -0.483 e. The molecule has 1 fully saturated rings. The number of carbonyl (C=O) groups excluding carboxylic acids is 2. The van der Waals surface area contributed by atoms with Gasteiger partial charge < -0.3 is 29.7 Å². The molecule has 1 heterocycles. The number of amides is 2. The molecule has 0 saturated heterocycles. The number of carboxylic acid groups (broad SMARTS) is 1. The second-order valence-electron chi connectivity index (χ2n) is 6.81. The summed E-state index contributed by atoms with van der Waals surface area (Å²) < 4.78 is 15.9. The largest absolute Gasteiger partial charge is 0.483 e. The molecule has 11 nitrogen and oxygen atoms in total. The molecule has 1 aliphatic rings. The Morgan fingerprint density at radius 2 is 2.07 bits per heavy atom. The normalized spacial score (nSPS) is 20.6. The third-order valence-electron chi connectivity index (χ3n) is 4.56. The van der Waals surface area contributed by atoms with Crippen LogP contribution in [-0.2, 0) is 37.0 Å². The summed E-state index contributed by atoms with van der Waals surface area (Å²) >= 11 is 0. The van der Waals surface area contributed by atoms with Gasteiger partial charge in [0, 0.05) is 26.1 Å². The highest BCUT2D eigenvalue weighted by Crippen LogP contribution is 2.27. The Labute approximate surface area is 175 Å². The Balaban J connectivity index is 0.00000141. The van der Waals surface area contributed by atoms with Gasteiger partial charge in [0.25, 0.3) is 6.47 Å². The highest BCUT2D eigenvalue weighted by Gasteiger charge is 2.35. The highest BCUT2D eigenvalue weighted by molar-refractivity contribution is 5.79. The van der Waals surface area contributed by atoms with Crippen LogP contribution in [-0.4, -0.2) is 59.4 Å². The van der Waals surface area contributed by atoms with Gasteiger partial charge in [0.1, 0.15) is 6.61 Å². The van der Waals surface area contributed by atoms with Gasteiger partial charge in [-0.2, -0.15) is 4.98 Å². The summed E-state index contributed by atoms with van der Waals surface area (Å²) in [6.45, 7) is 4.67. The van der Waals surface area contributed by atoms with Crippen LogP contribution in [0, 0.1) is 5.92 Å². The van der Waals surface area contributed by atoms with Crippen LogP contribution >= 0.6 is 0 Å². The van der Waals surface area contributed by atoms with Gasteiger partial charge in [-0.3, -0.25) is 14.4 Å². The second kappa shape index (κ2) is 14.5. The SMILES string of the molecule is CCCO[C@@H]1C[C@@H](C(=O)NCc2nc(COC)no2)CC[C@H]1NC(=O)CC.O=CO. The number of ether oxygens (including phenoxy) is 2. The van der Waals surface area contributed by atoms with Crippen molar-refractivity contribution < 1.29 is 33.5 Å². The van der Waals surface area contributed by atoms with Crippen LogP contribution in [0.3, 0.4) is 0 Å². The average Bonchev–Trinajstić information content (AvgIpc) is 3.19. The molecule has 11 heteroatoms. The quantitative estimate of drug-likeness (QED) is 0.464. The van der Waals surface area contributed by atoms with E-state index in [1.807, 2.05) is 13.8 Å². The van der Waals surface area contributed by atoms with Crippen LogP contribution in [0.4, 0.5) is 0 Å². The zero-order valence-electron chi connectivity index (χ0n) is 17.8. The Bertz CT molecular complexity index is 653. The smallest absolute Gasteiger partial charge is 0.290 e. The van der Waals surface area contributed by atoms with E-state index in [4.69, 9.17) is 23.9 Å². The van der Waals surface area contributed by atoms with Crippen molar-refractivity contribution in [3.63, 3.8) is 0 Å². The lowest BCUT2D eigenvalue weighted by Crippen LogP contribution is -2.50. The topological polar surface area (TPSA) is 153 Å². The van der Waals surface area contributed by atoms with Crippen LogP contribution in [0.15, 0.2) is 4.52 Å². The Hall–Kier alpha value is -2.53. The lowest BCUT2D eigenvalue weighted by molar-refractivity contribution is -0.130. The minimum absolute atomic E-state index is 0.0104. The van der Waals surface area contributed by atoms with E-state index < -0.39 is 0 Å². The monoisotopic (exact) mass is 428 g/mol. The number of aromatic nitrogens is 2. The first-order valence-electron chi connectivity index (χ1n) is 10.1. The van der Waals surface area contributed by atoms with Gasteiger partial charge in [0.05, 0.1) is 18.7 Å². The van der Waals surface area contributed by atoms with Crippen LogP contribution < -0.4 is 10.6 Å². The van der Waals surface area contributed by atoms with E-state index in [0.29, 0.717) is 37.6 Å². The minimum atomic E-state index is -0.250. The van der Waals surface area contributed by atoms with Gasteiger partial charge in [-0.25, -0.2) is 0 Å². The molecule has 0 unspecified atom stereocenters. The van der Waals surface area contributed by atoms with Crippen molar-refractivity contribution in [2.24, 2.45) is 5.92 Å². The Morgan fingerprint density at radius 1 is 1.33 bits per heavy atom. The van der Waals surface area contributed by atoms with E-state index >= 15 is 0 Å². The van der Waals surface area contributed by atoms with E-state index in [0.717, 1.165) is 12.8 Å². The summed E-state index contributed by atoms with van der Waals surface area (Å²) in [5.74, 6) is 0.575. The van der Waals surface area contributed by atoms with Crippen molar-refractivity contribution in [3.8, 4) is 0 Å². The van der Waals surface area contributed by atoms with E-state index in [9.17, 15) is 9.59 Å². The highest BCUT2D eigenvalue weighted by atomic mass is 16.5. The Morgan fingerprint density at radius 3 is 2.70 bits per heavy atom. The van der Waals surface area contributed by atoms with Crippen LogP contribution in [0.1, 0.15) is 57.7 Å². The lowest BCUT2D eigenvalue weighted by atomic mass is 9.83. The van der Waals surface area contributed by atoms with Gasteiger partial charge in [0.2, 0.25) is 17.7 Å². The van der Waals surface area contributed by atoms with Crippen LogP contribution in [0.5, 0.6) is 0 Å². The molecular formula is C19H32N4O7. The molecule has 0 radical (unpaired) electrons. The van der Waals surface area contributed by atoms with Crippen molar-refractivity contribution in [3.05, 3.63) is 11.7 Å². The van der Waals surface area contributed by atoms with Gasteiger partial charge in [-0.15, -0.1) is 0 Å². The fraction of sp³-hybridized carbons (Fsp3) is 0.737. The molecule has 30 heavy (non-hydrogen) atoms. The molecule has 3 atom stereocenters. The number of hydrogen-bond donors (Lipinski definition) is 3. The zero-order valence-corrected chi connectivity index (χ0v) is 17.8. The summed E-state index contributed by atoms with van der Waals surface area (Å²) in [5, 5.41) is 16.5. The molecule has 2 rings (SSSR count). The van der Waals surface area contributed by atoms with Crippen molar-refractivity contribution in [1.82, 2.24) is 20.8 Å². The molecule has 1 aromatic rings. The lowest BCUT2D eigenvalue weighted by Gasteiger charge is -2.35. The molecule has 0 aromatic carbocycles. The van der Waals surface area contributed by atoms with Gasteiger partial charge >= 0.3 is 0 Å². The number of nitrogens with zero attached hydrogens (tertiary/aromatic N) is 2. The number of hydrogen-bond acceptors (Lipinski definition) is 8. The van der Waals surface area contributed by atoms with Crippen molar-refractivity contribution >= 4 is 18.3 Å². The van der Waals surface area contributed by atoms with E-state index in [2.05, 4.69) is 20.8 Å². The van der Waals surface area contributed by atoms with Crippen molar-refractivity contribution in [2.75, 3.05) is 13.7 Å². The average molecular weight is 428 g/mol. The first kappa shape index (κ1) is 25.5. The summed E-state index contributed by atoms with van der Waals surface area (Å²) in [6, 6.07) is -0.0411. The molecule has 1 aromatic heterocycles. The summed E-state index contributed by atoms with van der Waals surface area (Å²) in [4.78, 5) is 36.8. The number of nitrogens with one attached hydrogen (secondary N) is 2. The van der Waals surface area contributed by atoms with Gasteiger partial charge in [-0.1, -0.05) is 19.0 Å².